The fraction of sp³-hybridized carbons (Fsp3) is 0.588. The highest BCUT2D eigenvalue weighted by Crippen LogP contribution is 2.32. The van der Waals surface area contributed by atoms with Gasteiger partial charge in [0.05, 0.1) is 11.5 Å². The van der Waals surface area contributed by atoms with Gasteiger partial charge in [-0.15, -0.1) is 0 Å². The van der Waals surface area contributed by atoms with Gasteiger partial charge in [0.2, 0.25) is 5.91 Å². The molecule has 1 aliphatic heterocycles. The molecule has 21 heavy (non-hydrogen) atoms. The molecule has 2 rings (SSSR count). The Morgan fingerprint density at radius 1 is 1.43 bits per heavy atom. The van der Waals surface area contributed by atoms with Crippen molar-refractivity contribution in [3.8, 4) is 0 Å². The molecule has 4 heteroatoms. The van der Waals surface area contributed by atoms with Crippen molar-refractivity contribution in [2.75, 3.05) is 19.6 Å². The summed E-state index contributed by atoms with van der Waals surface area (Å²) in [6, 6.07) is 9.45. The Kier molecular flexibility index (Phi) is 5.76. The summed E-state index contributed by atoms with van der Waals surface area (Å²) < 4.78 is 0. The van der Waals surface area contributed by atoms with Gasteiger partial charge in [-0.1, -0.05) is 43.7 Å². The first-order valence-electron chi connectivity index (χ1n) is 7.90. The Balaban J connectivity index is 1.93. The van der Waals surface area contributed by atoms with E-state index in [0.717, 1.165) is 44.3 Å². The van der Waals surface area contributed by atoms with Crippen molar-refractivity contribution >= 4 is 5.91 Å². The van der Waals surface area contributed by atoms with Crippen molar-refractivity contribution in [2.45, 2.75) is 38.7 Å². The highest BCUT2D eigenvalue weighted by Gasteiger charge is 2.38. The molecule has 0 spiro atoms. The van der Waals surface area contributed by atoms with Gasteiger partial charge in [-0.25, -0.2) is 0 Å². The molecular weight excluding hydrogens is 264 g/mol. The smallest absolute Gasteiger partial charge is 0.227 e. The molecule has 1 aromatic rings. The van der Waals surface area contributed by atoms with Crippen LogP contribution in [-0.4, -0.2) is 30.6 Å². The molecule has 2 unspecified atom stereocenters. The average Bonchev–Trinajstić information content (AvgIpc) is 2.54. The van der Waals surface area contributed by atoms with Gasteiger partial charge in [-0.2, -0.15) is 0 Å². The van der Waals surface area contributed by atoms with Crippen LogP contribution >= 0.6 is 0 Å². The van der Waals surface area contributed by atoms with Crippen molar-refractivity contribution in [3.05, 3.63) is 35.9 Å². The van der Waals surface area contributed by atoms with Crippen molar-refractivity contribution in [1.82, 2.24) is 10.6 Å². The molecule has 1 aliphatic rings. The first-order chi connectivity index (χ1) is 10.2. The Bertz CT molecular complexity index is 436. The van der Waals surface area contributed by atoms with Crippen LogP contribution in [0.15, 0.2) is 30.3 Å². The van der Waals surface area contributed by atoms with E-state index >= 15 is 0 Å². The summed E-state index contributed by atoms with van der Waals surface area (Å²) in [4.78, 5) is 12.6. The zero-order valence-electron chi connectivity index (χ0n) is 12.8. The number of hydrogen-bond donors (Lipinski definition) is 3. The summed E-state index contributed by atoms with van der Waals surface area (Å²) in [6.45, 7) is 4.12. The van der Waals surface area contributed by atoms with E-state index in [-0.39, 0.29) is 17.9 Å². The van der Waals surface area contributed by atoms with E-state index in [2.05, 4.69) is 17.6 Å². The van der Waals surface area contributed by atoms with Crippen LogP contribution in [0.1, 0.15) is 44.3 Å². The first kappa shape index (κ1) is 16.0. The first-order valence-corrected chi connectivity index (χ1v) is 7.90. The van der Waals surface area contributed by atoms with Gasteiger partial charge in [0.25, 0.3) is 0 Å². The minimum atomic E-state index is -0.648. The van der Waals surface area contributed by atoms with Crippen LogP contribution < -0.4 is 10.6 Å². The standard InChI is InChI=1S/C17H26N2O2/c1-2-9-17(10-6-11-18-13-17)16(21)19-12-15(20)14-7-4-3-5-8-14/h3-5,7-8,15,18,20H,2,6,9-13H2,1H3,(H,19,21). The SMILES string of the molecule is CCCC1(C(=O)NCC(O)c2ccccc2)CCCNC1. The van der Waals surface area contributed by atoms with Gasteiger partial charge in [0.15, 0.2) is 0 Å². The van der Waals surface area contributed by atoms with Gasteiger partial charge >= 0.3 is 0 Å². The number of hydrogen-bond acceptors (Lipinski definition) is 3. The largest absolute Gasteiger partial charge is 0.387 e. The number of aliphatic hydroxyl groups excluding tert-OH is 1. The second-order valence-electron chi connectivity index (χ2n) is 5.95. The molecule has 4 nitrogen and oxygen atoms in total. The minimum Gasteiger partial charge on any atom is -0.387 e. The number of aliphatic hydroxyl groups is 1. The Morgan fingerprint density at radius 3 is 2.81 bits per heavy atom. The number of carbonyl (C=O) groups excluding carboxylic acids is 1. The topological polar surface area (TPSA) is 61.4 Å². The van der Waals surface area contributed by atoms with E-state index < -0.39 is 6.10 Å². The van der Waals surface area contributed by atoms with E-state index in [9.17, 15) is 9.90 Å². The monoisotopic (exact) mass is 290 g/mol. The second-order valence-corrected chi connectivity index (χ2v) is 5.95. The number of piperidine rings is 1. The summed E-state index contributed by atoms with van der Waals surface area (Å²) in [7, 11) is 0. The molecule has 0 aromatic heterocycles. The van der Waals surface area contributed by atoms with E-state index in [4.69, 9.17) is 0 Å². The molecule has 0 saturated carbocycles. The van der Waals surface area contributed by atoms with Crippen LogP contribution in [0.4, 0.5) is 0 Å². The van der Waals surface area contributed by atoms with Gasteiger partial charge in [-0.3, -0.25) is 4.79 Å². The highest BCUT2D eigenvalue weighted by atomic mass is 16.3. The maximum absolute atomic E-state index is 12.6. The average molecular weight is 290 g/mol. The molecule has 0 aliphatic carbocycles. The summed E-state index contributed by atoms with van der Waals surface area (Å²) in [5.74, 6) is 0.0755. The predicted octanol–water partition coefficient (Wildman–Crippen LogP) is 2.01. The maximum Gasteiger partial charge on any atom is 0.227 e. The molecular formula is C17H26N2O2. The van der Waals surface area contributed by atoms with Gasteiger partial charge in [0, 0.05) is 13.1 Å². The number of benzene rings is 1. The summed E-state index contributed by atoms with van der Waals surface area (Å²) in [5, 5.41) is 16.4. The molecule has 3 N–H and O–H groups in total. The highest BCUT2D eigenvalue weighted by molar-refractivity contribution is 5.83. The lowest BCUT2D eigenvalue weighted by atomic mass is 9.76. The van der Waals surface area contributed by atoms with Crippen LogP contribution in [-0.2, 0) is 4.79 Å². The van der Waals surface area contributed by atoms with Gasteiger partial charge < -0.3 is 15.7 Å². The zero-order chi connectivity index (χ0) is 15.1. The number of carbonyl (C=O) groups is 1. The zero-order valence-corrected chi connectivity index (χ0v) is 12.8. The van der Waals surface area contributed by atoms with E-state index in [1.54, 1.807) is 0 Å². The molecule has 1 heterocycles. The lowest BCUT2D eigenvalue weighted by Gasteiger charge is -2.36. The van der Waals surface area contributed by atoms with E-state index in [1.807, 2.05) is 30.3 Å². The molecule has 1 amide bonds. The van der Waals surface area contributed by atoms with Crippen molar-refractivity contribution in [1.29, 1.82) is 0 Å². The lowest BCUT2D eigenvalue weighted by molar-refractivity contribution is -0.133. The summed E-state index contributed by atoms with van der Waals surface area (Å²) in [5.41, 5.74) is 0.535. The van der Waals surface area contributed by atoms with E-state index in [0.29, 0.717) is 0 Å². The van der Waals surface area contributed by atoms with Crippen molar-refractivity contribution < 1.29 is 9.90 Å². The molecule has 1 saturated heterocycles. The summed E-state index contributed by atoms with van der Waals surface area (Å²) in [6.07, 6.45) is 3.21. The van der Waals surface area contributed by atoms with Crippen molar-refractivity contribution in [2.24, 2.45) is 5.41 Å². The van der Waals surface area contributed by atoms with Gasteiger partial charge in [-0.05, 0) is 31.4 Å². The fourth-order valence-corrected chi connectivity index (χ4v) is 3.14. The predicted molar refractivity (Wildman–Crippen MR) is 83.9 cm³/mol. The molecule has 2 atom stereocenters. The molecule has 0 radical (unpaired) electrons. The third-order valence-electron chi connectivity index (χ3n) is 4.32. The Morgan fingerprint density at radius 2 is 2.19 bits per heavy atom. The normalized spacial score (nSPS) is 23.5. The Labute approximate surface area is 126 Å². The summed E-state index contributed by atoms with van der Waals surface area (Å²) >= 11 is 0. The minimum absolute atomic E-state index is 0.0755. The number of amides is 1. The molecule has 0 bridgehead atoms. The van der Waals surface area contributed by atoms with Crippen LogP contribution in [0.2, 0.25) is 0 Å². The van der Waals surface area contributed by atoms with Crippen molar-refractivity contribution in [3.63, 3.8) is 0 Å². The third kappa shape index (κ3) is 4.05. The quantitative estimate of drug-likeness (QED) is 0.751. The fourth-order valence-electron chi connectivity index (χ4n) is 3.14. The van der Waals surface area contributed by atoms with Gasteiger partial charge in [0.1, 0.15) is 0 Å². The third-order valence-corrected chi connectivity index (χ3v) is 4.32. The van der Waals surface area contributed by atoms with Crippen LogP contribution in [0.5, 0.6) is 0 Å². The van der Waals surface area contributed by atoms with Crippen LogP contribution in [0.3, 0.4) is 0 Å². The molecule has 1 aromatic carbocycles. The lowest BCUT2D eigenvalue weighted by Crippen LogP contribution is -2.51. The van der Waals surface area contributed by atoms with Crippen LogP contribution in [0, 0.1) is 5.41 Å². The molecule has 1 fully saturated rings. The second kappa shape index (κ2) is 7.57. The molecule has 116 valence electrons. The number of nitrogens with one attached hydrogen (secondary N) is 2. The van der Waals surface area contributed by atoms with Crippen LogP contribution in [0.25, 0.3) is 0 Å². The van der Waals surface area contributed by atoms with E-state index in [1.165, 1.54) is 0 Å². The Hall–Kier alpha value is -1.39. The maximum atomic E-state index is 12.6. The number of rotatable bonds is 6.